The standard InChI is InChI=1S/C10H14F5NO2S/c1-17-8-6-10(19(11,12,13,14)15)9(18-2)5-7(8)3-4-16/h5-6H,3-4,16H2,1-2H3. The van der Waals surface area contributed by atoms with Gasteiger partial charge < -0.3 is 15.2 Å². The summed E-state index contributed by atoms with van der Waals surface area (Å²) in [6.45, 7) is 0.134. The van der Waals surface area contributed by atoms with E-state index in [2.05, 4.69) is 4.74 Å². The van der Waals surface area contributed by atoms with E-state index in [9.17, 15) is 19.4 Å². The molecule has 0 aliphatic heterocycles. The van der Waals surface area contributed by atoms with Gasteiger partial charge in [-0.1, -0.05) is 19.4 Å². The Balaban J connectivity index is 3.60. The van der Waals surface area contributed by atoms with Crippen LogP contribution in [-0.2, 0) is 6.42 Å². The summed E-state index contributed by atoms with van der Waals surface area (Å²) >= 11 is 0. The zero-order valence-electron chi connectivity index (χ0n) is 10.3. The molecule has 1 rings (SSSR count). The molecule has 0 heterocycles. The van der Waals surface area contributed by atoms with E-state index in [0.717, 1.165) is 20.3 Å². The third-order valence-electron chi connectivity index (χ3n) is 2.40. The Hall–Kier alpha value is -1.22. The van der Waals surface area contributed by atoms with E-state index in [-0.39, 0.29) is 30.3 Å². The van der Waals surface area contributed by atoms with E-state index >= 15 is 0 Å². The fraction of sp³-hybridized carbons (Fsp3) is 0.400. The molecule has 0 saturated carbocycles. The molecular weight excluding hydrogens is 293 g/mol. The highest BCUT2D eigenvalue weighted by Gasteiger charge is 2.67. The SMILES string of the molecule is COc1cc(S(F)(F)(F)(F)F)c(OC)cc1CCN. The van der Waals surface area contributed by atoms with Gasteiger partial charge >= 0.3 is 10.2 Å². The summed E-state index contributed by atoms with van der Waals surface area (Å²) in [5.41, 5.74) is 5.56. The van der Waals surface area contributed by atoms with E-state index < -0.39 is 20.9 Å². The molecule has 112 valence electrons. The van der Waals surface area contributed by atoms with E-state index in [1.165, 1.54) is 0 Å². The Kier molecular flexibility index (Phi) is 3.45. The molecule has 0 amide bonds. The van der Waals surface area contributed by atoms with Crippen molar-refractivity contribution in [2.45, 2.75) is 11.3 Å². The van der Waals surface area contributed by atoms with Crippen molar-refractivity contribution in [2.75, 3.05) is 20.8 Å². The molecule has 1 aromatic rings. The van der Waals surface area contributed by atoms with Gasteiger partial charge in [0.2, 0.25) is 0 Å². The van der Waals surface area contributed by atoms with Crippen LogP contribution in [-0.4, -0.2) is 20.8 Å². The van der Waals surface area contributed by atoms with E-state index in [4.69, 9.17) is 10.5 Å². The summed E-state index contributed by atoms with van der Waals surface area (Å²) < 4.78 is 73.5. The Morgan fingerprint density at radius 2 is 1.53 bits per heavy atom. The van der Waals surface area contributed by atoms with Crippen molar-refractivity contribution >= 4 is 10.2 Å². The number of halogens is 5. The van der Waals surface area contributed by atoms with Gasteiger partial charge in [0.25, 0.3) is 0 Å². The quantitative estimate of drug-likeness (QED) is 0.840. The number of nitrogens with two attached hydrogens (primary N) is 1. The first-order valence-electron chi connectivity index (χ1n) is 5.12. The molecule has 2 N–H and O–H groups in total. The van der Waals surface area contributed by atoms with Crippen molar-refractivity contribution in [3.63, 3.8) is 0 Å². The second-order valence-corrected chi connectivity index (χ2v) is 6.20. The minimum Gasteiger partial charge on any atom is -0.496 e. The van der Waals surface area contributed by atoms with Crippen LogP contribution in [0, 0.1) is 0 Å². The molecule has 0 fully saturated rings. The van der Waals surface area contributed by atoms with Crippen LogP contribution in [0.3, 0.4) is 0 Å². The van der Waals surface area contributed by atoms with Crippen LogP contribution < -0.4 is 15.2 Å². The predicted octanol–water partition coefficient (Wildman–Crippen LogP) is 3.86. The summed E-state index contributed by atoms with van der Waals surface area (Å²) in [5.74, 6) is -1.24. The highest BCUT2D eigenvalue weighted by molar-refractivity contribution is 8.45. The molecule has 1 aromatic carbocycles. The van der Waals surface area contributed by atoms with Crippen LogP contribution in [0.25, 0.3) is 0 Å². The lowest BCUT2D eigenvalue weighted by molar-refractivity contribution is 0.340. The van der Waals surface area contributed by atoms with Gasteiger partial charge in [-0.05, 0) is 24.6 Å². The van der Waals surface area contributed by atoms with Crippen molar-refractivity contribution in [2.24, 2.45) is 5.73 Å². The fourth-order valence-electron chi connectivity index (χ4n) is 1.59. The van der Waals surface area contributed by atoms with Crippen LogP contribution >= 0.6 is 10.2 Å². The molecule has 0 aromatic heterocycles. The third kappa shape index (κ3) is 3.63. The first-order valence-corrected chi connectivity index (χ1v) is 7.07. The number of hydrogen-bond donors (Lipinski definition) is 1. The lowest BCUT2D eigenvalue weighted by Gasteiger charge is -2.41. The first kappa shape index (κ1) is 15.8. The molecule has 0 aliphatic rings. The number of methoxy groups -OCH3 is 2. The third-order valence-corrected chi connectivity index (χ3v) is 3.55. The van der Waals surface area contributed by atoms with E-state index in [1.807, 2.05) is 0 Å². The van der Waals surface area contributed by atoms with Gasteiger partial charge in [0, 0.05) is 6.07 Å². The van der Waals surface area contributed by atoms with Crippen LogP contribution in [0.1, 0.15) is 5.56 Å². The molecule has 0 bridgehead atoms. The van der Waals surface area contributed by atoms with Crippen LogP contribution in [0.5, 0.6) is 11.5 Å². The van der Waals surface area contributed by atoms with Crippen molar-refractivity contribution < 1.29 is 28.9 Å². The van der Waals surface area contributed by atoms with Crippen molar-refractivity contribution in [1.29, 1.82) is 0 Å². The molecule has 0 radical (unpaired) electrons. The maximum atomic E-state index is 12.9. The second kappa shape index (κ2) is 4.14. The predicted molar refractivity (Wildman–Crippen MR) is 63.7 cm³/mol. The van der Waals surface area contributed by atoms with Gasteiger partial charge in [-0.3, -0.25) is 0 Å². The highest BCUT2D eigenvalue weighted by atomic mass is 32.5. The highest BCUT2D eigenvalue weighted by Crippen LogP contribution is 3.03. The van der Waals surface area contributed by atoms with E-state index in [0.29, 0.717) is 0 Å². The number of ether oxygens (including phenoxy) is 2. The van der Waals surface area contributed by atoms with Crippen molar-refractivity contribution in [3.8, 4) is 11.5 Å². The van der Waals surface area contributed by atoms with E-state index in [1.54, 1.807) is 0 Å². The van der Waals surface area contributed by atoms with Crippen LogP contribution in [0.15, 0.2) is 17.0 Å². The Morgan fingerprint density at radius 1 is 1.00 bits per heavy atom. The summed E-state index contributed by atoms with van der Waals surface area (Å²) in [6.07, 6.45) is 0.181. The molecular formula is C10H14F5NO2S. The lowest BCUT2D eigenvalue weighted by atomic mass is 10.1. The van der Waals surface area contributed by atoms with Gasteiger partial charge in [0.1, 0.15) is 11.5 Å². The topological polar surface area (TPSA) is 44.5 Å². The van der Waals surface area contributed by atoms with Crippen molar-refractivity contribution in [1.82, 2.24) is 0 Å². The minimum atomic E-state index is -9.84. The molecule has 0 unspecified atom stereocenters. The monoisotopic (exact) mass is 307 g/mol. The second-order valence-electron chi connectivity index (χ2n) is 3.82. The van der Waals surface area contributed by atoms with Crippen molar-refractivity contribution in [3.05, 3.63) is 17.7 Å². The molecule has 9 heteroatoms. The smallest absolute Gasteiger partial charge is 0.313 e. The number of rotatable bonds is 5. The van der Waals surface area contributed by atoms with Crippen LogP contribution in [0.4, 0.5) is 19.4 Å². The largest absolute Gasteiger partial charge is 0.496 e. The van der Waals surface area contributed by atoms with Crippen LogP contribution in [0.2, 0.25) is 0 Å². The zero-order chi connectivity index (χ0) is 15.0. The Morgan fingerprint density at radius 3 is 1.89 bits per heavy atom. The maximum absolute atomic E-state index is 12.9. The normalized spacial score (nSPS) is 15.6. The van der Waals surface area contributed by atoms with Gasteiger partial charge in [-0.25, -0.2) is 0 Å². The zero-order valence-corrected chi connectivity index (χ0v) is 11.1. The number of benzene rings is 1. The molecule has 0 atom stereocenters. The molecule has 0 spiro atoms. The summed E-state index contributed by atoms with van der Waals surface area (Å²) in [5, 5.41) is 0. The molecule has 0 aliphatic carbocycles. The average Bonchev–Trinajstić information content (AvgIpc) is 2.25. The number of hydrogen-bond acceptors (Lipinski definition) is 3. The summed E-state index contributed by atoms with van der Waals surface area (Å²) in [7, 11) is -7.86. The average molecular weight is 307 g/mol. The van der Waals surface area contributed by atoms with Gasteiger partial charge in [0.05, 0.1) is 14.2 Å². The first-order chi connectivity index (χ1) is 8.42. The molecule has 19 heavy (non-hydrogen) atoms. The van der Waals surface area contributed by atoms with Gasteiger partial charge in [-0.2, -0.15) is 0 Å². The van der Waals surface area contributed by atoms with Gasteiger partial charge in [-0.15, -0.1) is 0 Å². The Bertz CT molecular complexity index is 488. The molecule has 3 nitrogen and oxygen atoms in total. The minimum absolute atomic E-state index is 0.134. The Labute approximate surface area is 107 Å². The maximum Gasteiger partial charge on any atom is 0.313 e. The van der Waals surface area contributed by atoms with Gasteiger partial charge in [0.15, 0.2) is 4.90 Å². The lowest BCUT2D eigenvalue weighted by Crippen LogP contribution is -2.11. The molecule has 0 saturated heterocycles. The fourth-order valence-corrected chi connectivity index (χ4v) is 2.44. The summed E-state index contributed by atoms with van der Waals surface area (Å²) in [6, 6.07) is 1.13. The summed E-state index contributed by atoms with van der Waals surface area (Å²) in [4.78, 5) is -2.10.